The fourth-order valence-corrected chi connectivity index (χ4v) is 3.10. The highest BCUT2D eigenvalue weighted by Crippen LogP contribution is 2.38. The van der Waals surface area contributed by atoms with Crippen LogP contribution in [-0.4, -0.2) is 25.2 Å². The molecule has 2 nitrogen and oxygen atoms in total. The quantitative estimate of drug-likeness (QED) is 0.718. The lowest BCUT2D eigenvalue weighted by Gasteiger charge is -2.39. The summed E-state index contributed by atoms with van der Waals surface area (Å²) in [5.74, 6) is -0.0786. The minimum atomic E-state index is -0.0786. The fraction of sp³-hybridized carbons (Fsp3) is 0.538. The molecular weight excluding hydrogens is 203 g/mol. The van der Waals surface area contributed by atoms with E-state index in [2.05, 4.69) is 17.1 Å². The third kappa shape index (κ3) is 1.27. The zero-order chi connectivity index (χ0) is 11.3. The maximum atomic E-state index is 13.6. The first kappa shape index (κ1) is 10.1. The van der Waals surface area contributed by atoms with Crippen molar-refractivity contribution >= 4 is 5.69 Å². The zero-order valence-electron chi connectivity index (χ0n) is 9.76. The van der Waals surface area contributed by atoms with Crippen LogP contribution in [0.5, 0.6) is 0 Å². The van der Waals surface area contributed by atoms with Gasteiger partial charge in [-0.15, -0.1) is 0 Å². The van der Waals surface area contributed by atoms with Gasteiger partial charge in [-0.05, 0) is 31.9 Å². The molecule has 0 amide bonds. The van der Waals surface area contributed by atoms with E-state index >= 15 is 0 Å². The Morgan fingerprint density at radius 2 is 2.19 bits per heavy atom. The van der Waals surface area contributed by atoms with Gasteiger partial charge >= 0.3 is 0 Å². The lowest BCUT2D eigenvalue weighted by molar-refractivity contribution is 0.429. The molecule has 1 aromatic rings. The molecule has 0 radical (unpaired) electrons. The lowest BCUT2D eigenvalue weighted by atomic mass is 10.1. The van der Waals surface area contributed by atoms with Crippen molar-refractivity contribution in [2.75, 3.05) is 18.0 Å². The van der Waals surface area contributed by atoms with Gasteiger partial charge in [-0.1, -0.05) is 6.07 Å². The number of halogens is 1. The SMILES string of the molecule is Cc1c(F)ccc2c1N1C(C)CNCC1C2. The van der Waals surface area contributed by atoms with Crippen molar-refractivity contribution in [2.45, 2.75) is 32.4 Å². The van der Waals surface area contributed by atoms with Crippen LogP contribution in [0.1, 0.15) is 18.1 Å². The van der Waals surface area contributed by atoms with Crippen molar-refractivity contribution in [1.82, 2.24) is 5.32 Å². The molecule has 3 heteroatoms. The summed E-state index contributed by atoms with van der Waals surface area (Å²) in [6.45, 7) is 6.11. The van der Waals surface area contributed by atoms with Gasteiger partial charge in [0, 0.05) is 36.4 Å². The number of rotatable bonds is 0. The Hall–Kier alpha value is -1.09. The van der Waals surface area contributed by atoms with Gasteiger partial charge in [0.1, 0.15) is 5.82 Å². The van der Waals surface area contributed by atoms with Crippen LogP contribution in [0.15, 0.2) is 12.1 Å². The van der Waals surface area contributed by atoms with Crippen molar-refractivity contribution in [3.8, 4) is 0 Å². The van der Waals surface area contributed by atoms with Gasteiger partial charge in [-0.25, -0.2) is 4.39 Å². The maximum absolute atomic E-state index is 13.6. The van der Waals surface area contributed by atoms with Gasteiger partial charge < -0.3 is 10.2 Å². The van der Waals surface area contributed by atoms with Crippen LogP contribution in [0.2, 0.25) is 0 Å². The summed E-state index contributed by atoms with van der Waals surface area (Å²) in [5, 5.41) is 3.44. The number of fused-ring (bicyclic) bond motifs is 3. The topological polar surface area (TPSA) is 15.3 Å². The second kappa shape index (κ2) is 3.45. The zero-order valence-corrected chi connectivity index (χ0v) is 9.76. The Kier molecular flexibility index (Phi) is 2.18. The molecule has 1 N–H and O–H groups in total. The molecule has 1 saturated heterocycles. The molecule has 0 saturated carbocycles. The molecular formula is C13H17FN2. The third-order valence-electron chi connectivity index (χ3n) is 3.85. The van der Waals surface area contributed by atoms with Crippen molar-refractivity contribution in [2.24, 2.45) is 0 Å². The van der Waals surface area contributed by atoms with Gasteiger partial charge in [0.05, 0.1) is 0 Å². The standard InChI is InChI=1S/C13H17FN2/c1-8-6-15-7-11-5-10-3-4-12(14)9(2)13(10)16(8)11/h3-4,8,11,15H,5-7H2,1-2H3. The molecule has 2 unspecified atom stereocenters. The molecule has 3 rings (SSSR count). The Morgan fingerprint density at radius 3 is 3.00 bits per heavy atom. The van der Waals surface area contributed by atoms with E-state index < -0.39 is 0 Å². The van der Waals surface area contributed by atoms with E-state index in [1.807, 2.05) is 13.0 Å². The first-order valence-corrected chi connectivity index (χ1v) is 5.95. The number of nitrogens with zero attached hydrogens (tertiary/aromatic N) is 1. The molecule has 16 heavy (non-hydrogen) atoms. The highest BCUT2D eigenvalue weighted by Gasteiger charge is 2.36. The third-order valence-corrected chi connectivity index (χ3v) is 3.85. The van der Waals surface area contributed by atoms with E-state index in [0.29, 0.717) is 12.1 Å². The number of hydrogen-bond acceptors (Lipinski definition) is 2. The molecule has 2 heterocycles. The van der Waals surface area contributed by atoms with Crippen LogP contribution in [0.4, 0.5) is 10.1 Å². The van der Waals surface area contributed by atoms with Crippen molar-refractivity contribution < 1.29 is 4.39 Å². The number of hydrogen-bond donors (Lipinski definition) is 1. The average Bonchev–Trinajstić information content (AvgIpc) is 2.64. The number of benzene rings is 1. The summed E-state index contributed by atoms with van der Waals surface area (Å²) >= 11 is 0. The summed E-state index contributed by atoms with van der Waals surface area (Å²) in [6, 6.07) is 4.52. The number of piperazine rings is 1. The van der Waals surface area contributed by atoms with Crippen LogP contribution < -0.4 is 10.2 Å². The highest BCUT2D eigenvalue weighted by atomic mass is 19.1. The molecule has 0 aromatic heterocycles. The number of anilines is 1. The van der Waals surface area contributed by atoms with E-state index in [1.165, 1.54) is 5.56 Å². The van der Waals surface area contributed by atoms with Gasteiger partial charge in [0.25, 0.3) is 0 Å². The summed E-state index contributed by atoms with van der Waals surface area (Å²) in [6.07, 6.45) is 1.05. The summed E-state index contributed by atoms with van der Waals surface area (Å²) in [7, 11) is 0. The summed E-state index contributed by atoms with van der Waals surface area (Å²) in [5.41, 5.74) is 3.27. The molecule has 1 aromatic carbocycles. The van der Waals surface area contributed by atoms with Gasteiger partial charge in [0.2, 0.25) is 0 Å². The molecule has 1 fully saturated rings. The van der Waals surface area contributed by atoms with Crippen molar-refractivity contribution in [1.29, 1.82) is 0 Å². The predicted octanol–water partition coefficient (Wildman–Crippen LogP) is 1.86. The monoisotopic (exact) mass is 220 g/mol. The van der Waals surface area contributed by atoms with E-state index in [1.54, 1.807) is 6.07 Å². The Labute approximate surface area is 95.4 Å². The largest absolute Gasteiger partial charge is 0.362 e. The Bertz CT molecular complexity index is 430. The van der Waals surface area contributed by atoms with Crippen LogP contribution in [-0.2, 0) is 6.42 Å². The maximum Gasteiger partial charge on any atom is 0.128 e. The van der Waals surface area contributed by atoms with E-state index in [9.17, 15) is 4.39 Å². The minimum absolute atomic E-state index is 0.0786. The molecule has 0 spiro atoms. The minimum Gasteiger partial charge on any atom is -0.362 e. The summed E-state index contributed by atoms with van der Waals surface area (Å²) in [4.78, 5) is 2.41. The van der Waals surface area contributed by atoms with Crippen molar-refractivity contribution in [3.63, 3.8) is 0 Å². The predicted molar refractivity (Wildman–Crippen MR) is 63.4 cm³/mol. The van der Waals surface area contributed by atoms with Crippen LogP contribution in [0.25, 0.3) is 0 Å². The normalized spacial score (nSPS) is 27.8. The number of nitrogens with one attached hydrogen (secondary N) is 1. The average molecular weight is 220 g/mol. The molecule has 2 aliphatic rings. The van der Waals surface area contributed by atoms with Crippen LogP contribution >= 0.6 is 0 Å². The second-order valence-corrected chi connectivity index (χ2v) is 4.95. The Morgan fingerprint density at radius 1 is 1.38 bits per heavy atom. The smallest absolute Gasteiger partial charge is 0.128 e. The molecule has 0 bridgehead atoms. The lowest BCUT2D eigenvalue weighted by Crippen LogP contribution is -2.55. The van der Waals surface area contributed by atoms with E-state index in [0.717, 1.165) is 30.8 Å². The van der Waals surface area contributed by atoms with E-state index in [4.69, 9.17) is 0 Å². The molecule has 0 aliphatic carbocycles. The first-order valence-electron chi connectivity index (χ1n) is 5.95. The Balaban J connectivity index is 2.11. The van der Waals surface area contributed by atoms with Gasteiger partial charge in [-0.2, -0.15) is 0 Å². The van der Waals surface area contributed by atoms with Crippen LogP contribution in [0.3, 0.4) is 0 Å². The molecule has 86 valence electrons. The molecule has 2 atom stereocenters. The van der Waals surface area contributed by atoms with Gasteiger partial charge in [0.15, 0.2) is 0 Å². The summed E-state index contributed by atoms with van der Waals surface area (Å²) < 4.78 is 13.6. The first-order chi connectivity index (χ1) is 7.68. The highest BCUT2D eigenvalue weighted by molar-refractivity contribution is 5.65. The van der Waals surface area contributed by atoms with E-state index in [-0.39, 0.29) is 5.82 Å². The second-order valence-electron chi connectivity index (χ2n) is 4.95. The molecule has 2 aliphatic heterocycles. The fourth-order valence-electron chi connectivity index (χ4n) is 3.10. The van der Waals surface area contributed by atoms with Gasteiger partial charge in [-0.3, -0.25) is 0 Å². The van der Waals surface area contributed by atoms with Crippen molar-refractivity contribution in [3.05, 3.63) is 29.1 Å². The van der Waals surface area contributed by atoms with Crippen LogP contribution in [0, 0.1) is 12.7 Å².